The first-order valence-corrected chi connectivity index (χ1v) is 6.85. The number of ether oxygens (including phenoxy) is 1. The first-order valence-electron chi connectivity index (χ1n) is 6.85. The molecule has 0 saturated heterocycles. The van der Waals surface area contributed by atoms with E-state index >= 15 is 0 Å². The van der Waals surface area contributed by atoms with Crippen molar-refractivity contribution < 1.29 is 9.66 Å². The summed E-state index contributed by atoms with van der Waals surface area (Å²) in [6.07, 6.45) is 0. The quantitative estimate of drug-likeness (QED) is 0.626. The number of nitrogens with one attached hydrogen (secondary N) is 1. The molecule has 2 rings (SSSR count). The van der Waals surface area contributed by atoms with Crippen LogP contribution in [0.3, 0.4) is 0 Å². The minimum atomic E-state index is -0.407. The minimum Gasteiger partial charge on any atom is -0.482 e. The molecule has 2 aromatic carbocycles. The number of hydrogen-bond acceptors (Lipinski definition) is 4. The number of benzene rings is 2. The summed E-state index contributed by atoms with van der Waals surface area (Å²) in [5.41, 5.74) is 1.85. The Hall–Kier alpha value is -2.40. The van der Waals surface area contributed by atoms with Gasteiger partial charge in [-0.1, -0.05) is 43.3 Å². The van der Waals surface area contributed by atoms with Gasteiger partial charge in [-0.05, 0) is 23.7 Å². The van der Waals surface area contributed by atoms with Gasteiger partial charge in [0.15, 0.2) is 5.75 Å². The van der Waals surface area contributed by atoms with Gasteiger partial charge in [0.25, 0.3) is 0 Å². The topological polar surface area (TPSA) is 64.4 Å². The van der Waals surface area contributed by atoms with Gasteiger partial charge in [-0.3, -0.25) is 10.1 Å². The van der Waals surface area contributed by atoms with E-state index in [4.69, 9.17) is 4.74 Å². The summed E-state index contributed by atoms with van der Waals surface area (Å²) in [7, 11) is 0. The van der Waals surface area contributed by atoms with Crippen molar-refractivity contribution >= 4 is 5.69 Å². The van der Waals surface area contributed by atoms with Crippen molar-refractivity contribution in [3.05, 3.63) is 69.8 Å². The van der Waals surface area contributed by atoms with Crippen molar-refractivity contribution in [1.29, 1.82) is 0 Å². The molecule has 0 aliphatic rings. The summed E-state index contributed by atoms with van der Waals surface area (Å²) < 4.78 is 5.58. The summed E-state index contributed by atoms with van der Waals surface area (Å²) in [6.45, 7) is 3.73. The standard InChI is InChI=1S/C16H18N2O3/c1-2-17-11-14-8-9-16(15(10-14)18(19)20)21-12-13-6-4-3-5-7-13/h3-10,17H,2,11-12H2,1H3. The van der Waals surface area contributed by atoms with E-state index < -0.39 is 4.92 Å². The second-order valence-electron chi connectivity index (χ2n) is 4.61. The number of nitro groups is 1. The van der Waals surface area contributed by atoms with Gasteiger partial charge in [-0.25, -0.2) is 0 Å². The zero-order chi connectivity index (χ0) is 15.1. The third-order valence-electron chi connectivity index (χ3n) is 3.04. The van der Waals surface area contributed by atoms with E-state index in [0.717, 1.165) is 17.7 Å². The maximum atomic E-state index is 11.2. The Morgan fingerprint density at radius 2 is 1.90 bits per heavy atom. The molecule has 0 aliphatic heterocycles. The Labute approximate surface area is 123 Å². The van der Waals surface area contributed by atoms with Gasteiger partial charge in [0, 0.05) is 12.6 Å². The van der Waals surface area contributed by atoms with Crippen LogP contribution in [-0.4, -0.2) is 11.5 Å². The van der Waals surface area contributed by atoms with Gasteiger partial charge in [0.05, 0.1) is 4.92 Å². The second kappa shape index (κ2) is 7.40. The molecule has 5 heteroatoms. The van der Waals surface area contributed by atoms with Crippen molar-refractivity contribution in [3.63, 3.8) is 0 Å². The third-order valence-corrected chi connectivity index (χ3v) is 3.04. The Kier molecular flexibility index (Phi) is 5.29. The zero-order valence-corrected chi connectivity index (χ0v) is 11.9. The van der Waals surface area contributed by atoms with Crippen LogP contribution in [0.15, 0.2) is 48.5 Å². The number of hydrogen-bond donors (Lipinski definition) is 1. The third kappa shape index (κ3) is 4.29. The molecule has 0 bridgehead atoms. The molecule has 21 heavy (non-hydrogen) atoms. The molecule has 2 aromatic rings. The molecular weight excluding hydrogens is 268 g/mol. The lowest BCUT2D eigenvalue weighted by Crippen LogP contribution is -2.12. The van der Waals surface area contributed by atoms with Crippen LogP contribution < -0.4 is 10.1 Å². The fourth-order valence-corrected chi connectivity index (χ4v) is 1.94. The highest BCUT2D eigenvalue weighted by Crippen LogP contribution is 2.28. The first kappa shape index (κ1) is 15.0. The van der Waals surface area contributed by atoms with Gasteiger partial charge in [-0.15, -0.1) is 0 Å². The molecule has 0 heterocycles. The van der Waals surface area contributed by atoms with E-state index in [0.29, 0.717) is 18.9 Å². The molecule has 0 saturated carbocycles. The monoisotopic (exact) mass is 286 g/mol. The number of nitro benzene ring substituents is 1. The van der Waals surface area contributed by atoms with Gasteiger partial charge >= 0.3 is 5.69 Å². The fraction of sp³-hybridized carbons (Fsp3) is 0.250. The van der Waals surface area contributed by atoms with Crippen LogP contribution >= 0.6 is 0 Å². The molecule has 1 N–H and O–H groups in total. The molecule has 0 spiro atoms. The van der Waals surface area contributed by atoms with E-state index in [1.165, 1.54) is 0 Å². The van der Waals surface area contributed by atoms with Crippen molar-refractivity contribution in [2.24, 2.45) is 0 Å². The van der Waals surface area contributed by atoms with Gasteiger partial charge < -0.3 is 10.1 Å². The van der Waals surface area contributed by atoms with Gasteiger partial charge in [0.1, 0.15) is 6.61 Å². The van der Waals surface area contributed by atoms with Crippen molar-refractivity contribution in [2.45, 2.75) is 20.1 Å². The molecule has 110 valence electrons. The van der Waals surface area contributed by atoms with E-state index in [1.54, 1.807) is 12.1 Å². The van der Waals surface area contributed by atoms with Crippen LogP contribution in [0.25, 0.3) is 0 Å². The van der Waals surface area contributed by atoms with Crippen LogP contribution in [0.2, 0.25) is 0 Å². The highest BCUT2D eigenvalue weighted by atomic mass is 16.6. The maximum Gasteiger partial charge on any atom is 0.311 e. The van der Waals surface area contributed by atoms with Gasteiger partial charge in [0.2, 0.25) is 0 Å². The van der Waals surface area contributed by atoms with Crippen molar-refractivity contribution in [2.75, 3.05) is 6.54 Å². The normalized spacial score (nSPS) is 10.3. The lowest BCUT2D eigenvalue weighted by Gasteiger charge is -2.08. The summed E-state index contributed by atoms with van der Waals surface area (Å²) >= 11 is 0. The Bertz CT molecular complexity index is 600. The molecule has 0 unspecified atom stereocenters. The fourth-order valence-electron chi connectivity index (χ4n) is 1.94. The predicted octanol–water partition coefficient (Wildman–Crippen LogP) is 3.28. The molecule has 5 nitrogen and oxygen atoms in total. The van der Waals surface area contributed by atoms with Crippen LogP contribution in [0, 0.1) is 10.1 Å². The number of nitrogens with zero attached hydrogens (tertiary/aromatic N) is 1. The Balaban J connectivity index is 2.12. The summed E-state index contributed by atoms with van der Waals surface area (Å²) in [4.78, 5) is 10.8. The van der Waals surface area contributed by atoms with Crippen LogP contribution in [-0.2, 0) is 13.2 Å². The second-order valence-corrected chi connectivity index (χ2v) is 4.61. The van der Waals surface area contributed by atoms with Crippen molar-refractivity contribution in [1.82, 2.24) is 5.32 Å². The summed E-state index contributed by atoms with van der Waals surface area (Å²) in [5, 5.41) is 14.3. The Morgan fingerprint density at radius 1 is 1.14 bits per heavy atom. The maximum absolute atomic E-state index is 11.2. The van der Waals surface area contributed by atoms with Crippen LogP contribution in [0.5, 0.6) is 5.75 Å². The molecule has 0 aliphatic carbocycles. The highest BCUT2D eigenvalue weighted by Gasteiger charge is 2.16. The Morgan fingerprint density at radius 3 is 2.57 bits per heavy atom. The molecule has 0 amide bonds. The number of rotatable bonds is 7. The smallest absolute Gasteiger partial charge is 0.311 e. The lowest BCUT2D eigenvalue weighted by molar-refractivity contribution is -0.386. The van der Waals surface area contributed by atoms with Crippen molar-refractivity contribution in [3.8, 4) is 5.75 Å². The van der Waals surface area contributed by atoms with E-state index in [-0.39, 0.29) is 5.69 Å². The molecule has 0 aromatic heterocycles. The first-order chi connectivity index (χ1) is 10.2. The largest absolute Gasteiger partial charge is 0.482 e. The summed E-state index contributed by atoms with van der Waals surface area (Å²) in [6, 6.07) is 14.6. The van der Waals surface area contributed by atoms with E-state index in [9.17, 15) is 10.1 Å². The highest BCUT2D eigenvalue weighted by molar-refractivity contribution is 5.48. The molecule has 0 radical (unpaired) electrons. The van der Waals surface area contributed by atoms with Crippen LogP contribution in [0.4, 0.5) is 5.69 Å². The molecule has 0 fully saturated rings. The predicted molar refractivity (Wildman–Crippen MR) is 81.3 cm³/mol. The average molecular weight is 286 g/mol. The summed E-state index contributed by atoms with van der Waals surface area (Å²) in [5.74, 6) is 0.295. The average Bonchev–Trinajstić information content (AvgIpc) is 2.52. The SMILES string of the molecule is CCNCc1ccc(OCc2ccccc2)c([N+](=O)[O-])c1. The minimum absolute atomic E-state index is 0.00124. The molecule has 0 atom stereocenters. The lowest BCUT2D eigenvalue weighted by atomic mass is 10.2. The van der Waals surface area contributed by atoms with Crippen LogP contribution in [0.1, 0.15) is 18.1 Å². The molecular formula is C16H18N2O3. The van der Waals surface area contributed by atoms with Gasteiger partial charge in [-0.2, -0.15) is 0 Å². The van der Waals surface area contributed by atoms with E-state index in [1.807, 2.05) is 43.3 Å². The van der Waals surface area contributed by atoms with E-state index in [2.05, 4.69) is 5.32 Å². The zero-order valence-electron chi connectivity index (χ0n) is 11.9.